The highest BCUT2D eigenvalue weighted by atomic mass is 19.1. The smallest absolute Gasteiger partial charge is 0.327 e. The van der Waals surface area contributed by atoms with Crippen LogP contribution in [0.2, 0.25) is 0 Å². The van der Waals surface area contributed by atoms with E-state index in [4.69, 9.17) is 9.40 Å². The summed E-state index contributed by atoms with van der Waals surface area (Å²) in [6.45, 7) is 2.64. The van der Waals surface area contributed by atoms with Crippen LogP contribution < -0.4 is 15.5 Å². The van der Waals surface area contributed by atoms with Gasteiger partial charge in [-0.1, -0.05) is 0 Å². The average molecular weight is 445 g/mol. The molecular formula is C23H20FN7O2. The van der Waals surface area contributed by atoms with Gasteiger partial charge in [-0.2, -0.15) is 0 Å². The number of hydrogen-bond acceptors (Lipinski definition) is 7. The number of nitrogens with zero attached hydrogens (tertiary/aromatic N) is 5. The Morgan fingerprint density at radius 1 is 1.12 bits per heavy atom. The monoisotopic (exact) mass is 445 g/mol. The molecule has 5 heterocycles. The number of hydrogen-bond donors (Lipinski definition) is 2. The Morgan fingerprint density at radius 3 is 2.79 bits per heavy atom. The highest BCUT2D eigenvalue weighted by Gasteiger charge is 2.29. The molecule has 0 aliphatic carbocycles. The number of aromatic nitrogens is 4. The Labute approximate surface area is 188 Å². The molecule has 10 heteroatoms. The summed E-state index contributed by atoms with van der Waals surface area (Å²) < 4.78 is 19.0. The van der Waals surface area contributed by atoms with Gasteiger partial charge >= 0.3 is 6.03 Å². The first kappa shape index (κ1) is 20.6. The zero-order chi connectivity index (χ0) is 22.8. The number of oxazole rings is 1. The molecule has 0 aromatic carbocycles. The highest BCUT2D eigenvalue weighted by molar-refractivity contribution is 6.04. The predicted octanol–water partition coefficient (Wildman–Crippen LogP) is 4.58. The van der Waals surface area contributed by atoms with Crippen molar-refractivity contribution in [1.82, 2.24) is 19.9 Å². The first-order valence-electron chi connectivity index (χ1n) is 10.4. The maximum atomic E-state index is 13.7. The van der Waals surface area contributed by atoms with E-state index in [1.54, 1.807) is 35.6 Å². The van der Waals surface area contributed by atoms with E-state index in [-0.39, 0.29) is 12.1 Å². The van der Waals surface area contributed by atoms with Gasteiger partial charge in [-0.25, -0.2) is 19.2 Å². The van der Waals surface area contributed by atoms with Crippen molar-refractivity contribution in [3.05, 3.63) is 67.5 Å². The standard InChI is InChI=1S/C23H20FN7O2/c1-14-4-5-28-20-3-2-19(15-6-17(24)10-25-8-15)30-22(20)31(14)23(32)29-18-7-16(9-26-11-18)21-12-27-13-33-21/h2-3,6-14,28H,4-5H2,1H3,(H,29,32)/t14-/m1/s1. The number of halogens is 1. The third kappa shape index (κ3) is 4.22. The van der Waals surface area contributed by atoms with Crippen molar-refractivity contribution in [3.8, 4) is 22.6 Å². The molecule has 2 N–H and O–H groups in total. The topological polar surface area (TPSA) is 109 Å². The lowest BCUT2D eigenvalue weighted by atomic mass is 10.1. The Morgan fingerprint density at radius 2 is 1.97 bits per heavy atom. The second-order valence-corrected chi connectivity index (χ2v) is 7.65. The molecule has 1 atom stereocenters. The molecule has 166 valence electrons. The first-order valence-corrected chi connectivity index (χ1v) is 10.4. The molecule has 33 heavy (non-hydrogen) atoms. The lowest BCUT2D eigenvalue weighted by Gasteiger charge is -2.27. The van der Waals surface area contributed by atoms with Crippen LogP contribution in [-0.4, -0.2) is 38.6 Å². The Bertz CT molecular complexity index is 1300. The molecule has 0 unspecified atom stereocenters. The molecule has 1 aliphatic heterocycles. The molecular weight excluding hydrogens is 425 g/mol. The minimum Gasteiger partial charge on any atom is -0.443 e. The van der Waals surface area contributed by atoms with Gasteiger partial charge in [-0.05, 0) is 37.6 Å². The SMILES string of the molecule is C[C@@H]1CCNc2ccc(-c3cncc(F)c3)nc2N1C(=O)Nc1cncc(-c2cnco2)c1. The van der Waals surface area contributed by atoms with Crippen LogP contribution in [0.15, 0.2) is 66.1 Å². The number of fused-ring (bicyclic) bond motifs is 1. The van der Waals surface area contributed by atoms with Crippen LogP contribution in [0, 0.1) is 5.82 Å². The van der Waals surface area contributed by atoms with Crippen LogP contribution in [0.5, 0.6) is 0 Å². The van der Waals surface area contributed by atoms with E-state index in [0.29, 0.717) is 40.6 Å². The average Bonchev–Trinajstić information content (AvgIpc) is 3.30. The summed E-state index contributed by atoms with van der Waals surface area (Å²) in [4.78, 5) is 31.7. The lowest BCUT2D eigenvalue weighted by molar-refractivity contribution is 0.255. The van der Waals surface area contributed by atoms with E-state index in [1.807, 2.05) is 13.0 Å². The van der Waals surface area contributed by atoms with Gasteiger partial charge in [0, 0.05) is 36.1 Å². The molecule has 0 bridgehead atoms. The van der Waals surface area contributed by atoms with Gasteiger partial charge in [0.25, 0.3) is 0 Å². The van der Waals surface area contributed by atoms with Crippen molar-refractivity contribution in [1.29, 1.82) is 0 Å². The number of carbonyl (C=O) groups excluding carboxylic acids is 1. The molecule has 4 aromatic rings. The maximum absolute atomic E-state index is 13.7. The van der Waals surface area contributed by atoms with Crippen molar-refractivity contribution in [2.75, 3.05) is 22.1 Å². The number of anilines is 3. The summed E-state index contributed by atoms with van der Waals surface area (Å²) in [5, 5.41) is 6.22. The summed E-state index contributed by atoms with van der Waals surface area (Å²) >= 11 is 0. The normalized spacial score (nSPS) is 15.3. The number of rotatable bonds is 3. The second-order valence-electron chi connectivity index (χ2n) is 7.65. The molecule has 5 rings (SSSR count). The van der Waals surface area contributed by atoms with Crippen LogP contribution in [0.1, 0.15) is 13.3 Å². The van der Waals surface area contributed by atoms with Crippen LogP contribution >= 0.6 is 0 Å². The maximum Gasteiger partial charge on any atom is 0.327 e. The third-order valence-electron chi connectivity index (χ3n) is 5.35. The molecule has 9 nitrogen and oxygen atoms in total. The molecule has 0 saturated carbocycles. The van der Waals surface area contributed by atoms with Crippen LogP contribution in [0.4, 0.5) is 26.4 Å². The zero-order valence-corrected chi connectivity index (χ0v) is 17.7. The summed E-state index contributed by atoms with van der Waals surface area (Å²) in [5.74, 6) is 0.550. The molecule has 0 spiro atoms. The van der Waals surface area contributed by atoms with E-state index in [2.05, 4.69) is 25.6 Å². The summed E-state index contributed by atoms with van der Waals surface area (Å²) in [7, 11) is 0. The number of urea groups is 1. The van der Waals surface area contributed by atoms with Crippen LogP contribution in [0.25, 0.3) is 22.6 Å². The molecule has 0 fully saturated rings. The molecule has 0 saturated heterocycles. The van der Waals surface area contributed by atoms with Gasteiger partial charge in [-0.3, -0.25) is 14.9 Å². The lowest BCUT2D eigenvalue weighted by Crippen LogP contribution is -2.42. The van der Waals surface area contributed by atoms with Crippen molar-refractivity contribution in [2.24, 2.45) is 0 Å². The number of carbonyl (C=O) groups is 1. The van der Waals surface area contributed by atoms with Crippen molar-refractivity contribution >= 4 is 23.2 Å². The largest absolute Gasteiger partial charge is 0.443 e. The molecule has 2 amide bonds. The van der Waals surface area contributed by atoms with E-state index in [0.717, 1.165) is 18.3 Å². The Balaban J connectivity index is 1.48. The van der Waals surface area contributed by atoms with Crippen molar-refractivity contribution < 1.29 is 13.6 Å². The number of pyridine rings is 3. The Kier molecular flexibility index (Phi) is 5.39. The minimum atomic E-state index is -0.454. The number of amides is 2. The van der Waals surface area contributed by atoms with Crippen LogP contribution in [-0.2, 0) is 0 Å². The fourth-order valence-corrected chi connectivity index (χ4v) is 3.72. The quantitative estimate of drug-likeness (QED) is 0.475. The Hall–Kier alpha value is -4.34. The van der Waals surface area contributed by atoms with E-state index < -0.39 is 5.82 Å². The van der Waals surface area contributed by atoms with Gasteiger partial charge in [0.1, 0.15) is 5.82 Å². The van der Waals surface area contributed by atoms with Gasteiger partial charge in [0.2, 0.25) is 0 Å². The first-order chi connectivity index (χ1) is 16.1. The number of nitrogens with one attached hydrogen (secondary N) is 2. The van der Waals surface area contributed by atoms with E-state index in [1.165, 1.54) is 18.7 Å². The summed E-state index contributed by atoms with van der Waals surface area (Å²) in [6.07, 6.45) is 9.49. The van der Waals surface area contributed by atoms with Crippen molar-refractivity contribution in [2.45, 2.75) is 19.4 Å². The molecule has 0 radical (unpaired) electrons. The molecule has 4 aromatic heterocycles. The van der Waals surface area contributed by atoms with Crippen molar-refractivity contribution in [3.63, 3.8) is 0 Å². The van der Waals surface area contributed by atoms with E-state index in [9.17, 15) is 9.18 Å². The zero-order valence-electron chi connectivity index (χ0n) is 17.7. The minimum absolute atomic E-state index is 0.141. The van der Waals surface area contributed by atoms with Crippen LogP contribution in [0.3, 0.4) is 0 Å². The predicted molar refractivity (Wildman–Crippen MR) is 121 cm³/mol. The van der Waals surface area contributed by atoms with E-state index >= 15 is 0 Å². The third-order valence-corrected chi connectivity index (χ3v) is 5.35. The highest BCUT2D eigenvalue weighted by Crippen LogP contribution is 2.33. The molecule has 1 aliphatic rings. The fraction of sp³-hybridized carbons (Fsp3) is 0.174. The van der Waals surface area contributed by atoms with Gasteiger partial charge in [0.05, 0.1) is 35.7 Å². The van der Waals surface area contributed by atoms with Gasteiger partial charge < -0.3 is 15.1 Å². The summed E-state index contributed by atoms with van der Waals surface area (Å²) in [6, 6.07) is 6.24. The van der Waals surface area contributed by atoms with Gasteiger partial charge in [0.15, 0.2) is 18.0 Å². The summed E-state index contributed by atoms with van der Waals surface area (Å²) in [5.41, 5.74) is 2.96. The fourth-order valence-electron chi connectivity index (χ4n) is 3.72. The van der Waals surface area contributed by atoms with Gasteiger partial charge in [-0.15, -0.1) is 0 Å². The second kappa shape index (κ2) is 8.65.